The van der Waals surface area contributed by atoms with Gasteiger partial charge in [0.15, 0.2) is 11.0 Å². The van der Waals surface area contributed by atoms with Crippen LogP contribution in [0.15, 0.2) is 53.9 Å². The average Bonchev–Trinajstić information content (AvgIpc) is 3.23. The molecule has 7 nitrogen and oxygen atoms in total. The summed E-state index contributed by atoms with van der Waals surface area (Å²) in [7, 11) is 1.66. The predicted molar refractivity (Wildman–Crippen MR) is 132 cm³/mol. The van der Waals surface area contributed by atoms with Crippen molar-refractivity contribution in [1.82, 2.24) is 25.1 Å². The van der Waals surface area contributed by atoms with Crippen molar-refractivity contribution in [1.29, 1.82) is 0 Å². The Kier molecular flexibility index (Phi) is 9.03. The number of aromatic nitrogens is 4. The molecule has 176 valence electrons. The lowest BCUT2D eigenvalue weighted by molar-refractivity contribution is -0.119. The lowest BCUT2D eigenvalue weighted by atomic mass is 9.93. The van der Waals surface area contributed by atoms with Gasteiger partial charge in [0.2, 0.25) is 5.91 Å². The Bertz CT molecular complexity index is 1020. The summed E-state index contributed by atoms with van der Waals surface area (Å²) in [6.45, 7) is 9.73. The highest BCUT2D eigenvalue weighted by Gasteiger charge is 2.20. The number of rotatable bonds is 11. The maximum Gasteiger partial charge on any atom is 0.230 e. The standard InChI is InChI=1S/C25H33N5O2S/c1-17(2)19-6-8-20(9-7-19)23(18(3)4)27-22(31)16-33-25-29-28-24(30(25)14-15-32-5)21-10-12-26-13-11-21/h6-13,17-18,23H,14-16H2,1-5H3,(H,27,31). The van der Waals surface area contributed by atoms with E-state index in [1.54, 1.807) is 19.5 Å². The molecule has 1 N–H and O–H groups in total. The van der Waals surface area contributed by atoms with Crippen LogP contribution in [0.1, 0.15) is 50.8 Å². The summed E-state index contributed by atoms with van der Waals surface area (Å²) < 4.78 is 7.25. The SMILES string of the molecule is COCCn1c(SCC(=O)NC(c2ccc(C(C)C)cc2)C(C)C)nnc1-c1ccncc1. The van der Waals surface area contributed by atoms with E-state index in [9.17, 15) is 4.79 Å². The largest absolute Gasteiger partial charge is 0.383 e. The molecule has 1 aromatic carbocycles. The van der Waals surface area contributed by atoms with E-state index in [1.165, 1.54) is 17.3 Å². The van der Waals surface area contributed by atoms with Crippen LogP contribution in [0.25, 0.3) is 11.4 Å². The second kappa shape index (κ2) is 12.0. The molecule has 0 aliphatic heterocycles. The molecule has 0 radical (unpaired) electrons. The fourth-order valence-corrected chi connectivity index (χ4v) is 4.34. The van der Waals surface area contributed by atoms with Crippen molar-refractivity contribution in [2.24, 2.45) is 5.92 Å². The Morgan fingerprint density at radius 1 is 1.03 bits per heavy atom. The third kappa shape index (κ3) is 6.65. The van der Waals surface area contributed by atoms with Crippen molar-refractivity contribution >= 4 is 17.7 Å². The second-order valence-electron chi connectivity index (χ2n) is 8.59. The van der Waals surface area contributed by atoms with Gasteiger partial charge in [-0.3, -0.25) is 14.3 Å². The highest BCUT2D eigenvalue weighted by molar-refractivity contribution is 7.99. The molecular weight excluding hydrogens is 434 g/mol. The molecule has 0 spiro atoms. The molecule has 33 heavy (non-hydrogen) atoms. The number of thioether (sulfide) groups is 1. The van der Waals surface area contributed by atoms with Crippen LogP contribution in [0.3, 0.4) is 0 Å². The normalized spacial score (nSPS) is 12.3. The fourth-order valence-electron chi connectivity index (χ4n) is 3.56. The van der Waals surface area contributed by atoms with Crippen LogP contribution in [0.5, 0.6) is 0 Å². The Morgan fingerprint density at radius 3 is 2.30 bits per heavy atom. The minimum atomic E-state index is -0.0435. The van der Waals surface area contributed by atoms with Crippen LogP contribution >= 0.6 is 11.8 Å². The molecule has 2 aromatic heterocycles. The second-order valence-corrected chi connectivity index (χ2v) is 9.53. The van der Waals surface area contributed by atoms with Crippen molar-refractivity contribution in [2.45, 2.75) is 51.4 Å². The minimum absolute atomic E-state index is 0.0293. The van der Waals surface area contributed by atoms with E-state index in [0.29, 0.717) is 24.2 Å². The number of benzene rings is 1. The lowest BCUT2D eigenvalue weighted by Crippen LogP contribution is -2.33. The van der Waals surface area contributed by atoms with Crippen LogP contribution < -0.4 is 5.32 Å². The summed E-state index contributed by atoms with van der Waals surface area (Å²) in [5.74, 6) is 1.72. The van der Waals surface area contributed by atoms with Crippen LogP contribution in [0.2, 0.25) is 0 Å². The van der Waals surface area contributed by atoms with Gasteiger partial charge in [-0.1, -0.05) is 63.7 Å². The van der Waals surface area contributed by atoms with Gasteiger partial charge in [0.05, 0.1) is 24.9 Å². The van der Waals surface area contributed by atoms with E-state index >= 15 is 0 Å². The first-order valence-corrected chi connectivity index (χ1v) is 12.2. The Labute approximate surface area is 200 Å². The van der Waals surface area contributed by atoms with E-state index in [4.69, 9.17) is 4.74 Å². The molecule has 3 aromatic rings. The zero-order valence-corrected chi connectivity index (χ0v) is 20.8. The molecule has 1 unspecified atom stereocenters. The quantitative estimate of drug-likeness (QED) is 0.411. The van der Waals surface area contributed by atoms with Crippen molar-refractivity contribution < 1.29 is 9.53 Å². The van der Waals surface area contributed by atoms with E-state index in [2.05, 4.69) is 72.5 Å². The van der Waals surface area contributed by atoms with Crippen molar-refractivity contribution in [3.05, 3.63) is 59.9 Å². The van der Waals surface area contributed by atoms with Crippen molar-refractivity contribution in [3.63, 3.8) is 0 Å². The molecule has 0 fully saturated rings. The van der Waals surface area contributed by atoms with E-state index < -0.39 is 0 Å². The maximum absolute atomic E-state index is 12.9. The monoisotopic (exact) mass is 467 g/mol. The fraction of sp³-hybridized carbons (Fsp3) is 0.440. The van der Waals surface area contributed by atoms with Crippen LogP contribution in [0, 0.1) is 5.92 Å². The number of hydrogen-bond acceptors (Lipinski definition) is 6. The number of carbonyl (C=O) groups excluding carboxylic acids is 1. The van der Waals surface area contributed by atoms with Gasteiger partial charge >= 0.3 is 0 Å². The number of hydrogen-bond donors (Lipinski definition) is 1. The van der Waals surface area contributed by atoms with Gasteiger partial charge in [0.25, 0.3) is 0 Å². The van der Waals surface area contributed by atoms with Crippen LogP contribution in [0.4, 0.5) is 0 Å². The van der Waals surface area contributed by atoms with Crippen LogP contribution in [-0.4, -0.2) is 45.1 Å². The zero-order chi connectivity index (χ0) is 23.8. The van der Waals surface area contributed by atoms with Gasteiger partial charge < -0.3 is 10.1 Å². The number of ether oxygens (including phenoxy) is 1. The number of nitrogens with zero attached hydrogens (tertiary/aromatic N) is 4. The third-order valence-electron chi connectivity index (χ3n) is 5.45. The molecular formula is C25H33N5O2S. The molecule has 0 saturated carbocycles. The van der Waals surface area contributed by atoms with Crippen molar-refractivity contribution in [3.8, 4) is 11.4 Å². The predicted octanol–water partition coefficient (Wildman–Crippen LogP) is 4.72. The van der Waals surface area contributed by atoms with Crippen LogP contribution in [-0.2, 0) is 16.1 Å². The molecule has 8 heteroatoms. The van der Waals surface area contributed by atoms with Gasteiger partial charge in [-0.2, -0.15) is 0 Å². The molecule has 0 aliphatic carbocycles. The number of nitrogens with one attached hydrogen (secondary N) is 1. The smallest absolute Gasteiger partial charge is 0.230 e. The topological polar surface area (TPSA) is 81.9 Å². The van der Waals surface area contributed by atoms with Gasteiger partial charge in [-0.05, 0) is 35.1 Å². The summed E-state index contributed by atoms with van der Waals surface area (Å²) in [5.41, 5.74) is 3.34. The highest BCUT2D eigenvalue weighted by Crippen LogP contribution is 2.26. The van der Waals surface area contributed by atoms with Crippen molar-refractivity contribution in [2.75, 3.05) is 19.5 Å². The van der Waals surface area contributed by atoms with Gasteiger partial charge in [-0.15, -0.1) is 10.2 Å². The molecule has 1 atom stereocenters. The number of carbonyl (C=O) groups is 1. The van der Waals surface area contributed by atoms with E-state index in [0.717, 1.165) is 17.0 Å². The summed E-state index contributed by atoms with van der Waals surface area (Å²) in [6.07, 6.45) is 3.45. The first-order valence-electron chi connectivity index (χ1n) is 11.2. The average molecular weight is 468 g/mol. The molecule has 0 bridgehead atoms. The number of amides is 1. The highest BCUT2D eigenvalue weighted by atomic mass is 32.2. The molecule has 3 rings (SSSR count). The van der Waals surface area contributed by atoms with E-state index in [-0.39, 0.29) is 23.6 Å². The van der Waals surface area contributed by atoms with E-state index in [1.807, 2.05) is 16.7 Å². The third-order valence-corrected chi connectivity index (χ3v) is 6.42. The molecule has 2 heterocycles. The minimum Gasteiger partial charge on any atom is -0.383 e. The number of pyridine rings is 1. The zero-order valence-electron chi connectivity index (χ0n) is 20.0. The van der Waals surface area contributed by atoms with Gasteiger partial charge in [-0.25, -0.2) is 0 Å². The summed E-state index contributed by atoms with van der Waals surface area (Å²) in [6, 6.07) is 12.3. The first kappa shape index (κ1) is 24.9. The Morgan fingerprint density at radius 2 is 1.70 bits per heavy atom. The molecule has 0 saturated heterocycles. The Hall–Kier alpha value is -2.71. The van der Waals surface area contributed by atoms with Gasteiger partial charge in [0, 0.05) is 25.1 Å². The summed E-state index contributed by atoms with van der Waals surface area (Å²) >= 11 is 1.38. The lowest BCUT2D eigenvalue weighted by Gasteiger charge is -2.23. The molecule has 1 amide bonds. The summed E-state index contributed by atoms with van der Waals surface area (Å²) in [4.78, 5) is 16.9. The number of methoxy groups -OCH3 is 1. The molecule has 0 aliphatic rings. The van der Waals surface area contributed by atoms with Gasteiger partial charge in [0.1, 0.15) is 0 Å². The summed E-state index contributed by atoms with van der Waals surface area (Å²) in [5, 5.41) is 12.6. The first-order chi connectivity index (χ1) is 15.9. The maximum atomic E-state index is 12.9. The Balaban J connectivity index is 1.69.